The molecule has 5 nitrogen and oxygen atoms in total. The number of carbonyl (C=O) groups is 1. The van der Waals surface area contributed by atoms with Gasteiger partial charge in [-0.3, -0.25) is 4.79 Å². The maximum atomic E-state index is 10.6. The molecule has 0 radical (unpaired) electrons. The lowest BCUT2D eigenvalue weighted by Crippen LogP contribution is -2.14. The Kier molecular flexibility index (Phi) is 5.00. The molecule has 1 aromatic carbocycles. The van der Waals surface area contributed by atoms with Crippen LogP contribution in [-0.2, 0) is 16.0 Å². The molecule has 1 N–H and O–H groups in total. The number of nitrogens with zero attached hydrogens (tertiary/aromatic N) is 1. The van der Waals surface area contributed by atoms with Gasteiger partial charge in [0.25, 0.3) is 0 Å². The number of methoxy groups -OCH3 is 1. The zero-order chi connectivity index (χ0) is 12.7. The van der Waals surface area contributed by atoms with Crippen LogP contribution in [0.4, 0.5) is 0 Å². The van der Waals surface area contributed by atoms with Crippen molar-refractivity contribution in [3.8, 4) is 5.75 Å². The number of hydrogen-bond donors (Lipinski definition) is 1. The van der Waals surface area contributed by atoms with Crippen LogP contribution in [-0.4, -0.2) is 30.6 Å². The van der Waals surface area contributed by atoms with Gasteiger partial charge in [0.1, 0.15) is 12.4 Å². The van der Waals surface area contributed by atoms with Gasteiger partial charge in [0.05, 0.1) is 12.8 Å². The van der Waals surface area contributed by atoms with Gasteiger partial charge in [-0.1, -0.05) is 17.3 Å². The molecule has 1 rings (SSSR count). The Morgan fingerprint density at radius 3 is 2.47 bits per heavy atom. The predicted octanol–water partition coefficient (Wildman–Crippen LogP) is 1.63. The quantitative estimate of drug-likeness (QED) is 0.366. The summed E-state index contributed by atoms with van der Waals surface area (Å²) in [5.41, 5.74) is 1.34. The standard InChI is InChI=1S/C12H15NO4/c1-9(14)17-8-11(13-15)7-10-3-5-12(16-2)6-4-10/h3-6,15H,7-8H2,1-2H3/b13-11+. The minimum absolute atomic E-state index is 0.00212. The van der Waals surface area contributed by atoms with Gasteiger partial charge in [0.2, 0.25) is 0 Å². The van der Waals surface area contributed by atoms with Crippen LogP contribution >= 0.6 is 0 Å². The number of esters is 1. The molecule has 0 aliphatic carbocycles. The van der Waals surface area contributed by atoms with Crippen molar-refractivity contribution in [1.29, 1.82) is 0 Å². The summed E-state index contributed by atoms with van der Waals surface area (Å²) in [5.74, 6) is 0.358. The second-order valence-corrected chi connectivity index (χ2v) is 3.47. The first kappa shape index (κ1) is 13.0. The van der Waals surface area contributed by atoms with E-state index in [9.17, 15) is 4.79 Å². The first-order valence-corrected chi connectivity index (χ1v) is 5.11. The van der Waals surface area contributed by atoms with Crippen LogP contribution in [0.25, 0.3) is 0 Å². The van der Waals surface area contributed by atoms with Gasteiger partial charge in [0, 0.05) is 13.3 Å². The van der Waals surface area contributed by atoms with Gasteiger partial charge in [0.15, 0.2) is 0 Å². The third-order valence-electron chi connectivity index (χ3n) is 2.15. The van der Waals surface area contributed by atoms with E-state index in [0.29, 0.717) is 12.1 Å². The van der Waals surface area contributed by atoms with Crippen LogP contribution in [0.5, 0.6) is 5.75 Å². The third-order valence-corrected chi connectivity index (χ3v) is 2.15. The summed E-state index contributed by atoms with van der Waals surface area (Å²) in [7, 11) is 1.59. The molecule has 0 bridgehead atoms. The summed E-state index contributed by atoms with van der Waals surface area (Å²) in [5, 5.41) is 11.9. The molecule has 0 aliphatic heterocycles. The second-order valence-electron chi connectivity index (χ2n) is 3.47. The first-order chi connectivity index (χ1) is 8.15. The number of carbonyl (C=O) groups excluding carboxylic acids is 1. The number of ether oxygens (including phenoxy) is 2. The van der Waals surface area contributed by atoms with Crippen molar-refractivity contribution in [1.82, 2.24) is 0 Å². The molecule has 0 amide bonds. The number of hydrogen-bond acceptors (Lipinski definition) is 5. The molecule has 0 spiro atoms. The number of rotatable bonds is 5. The molecular weight excluding hydrogens is 222 g/mol. The Morgan fingerprint density at radius 2 is 2.00 bits per heavy atom. The molecular formula is C12H15NO4. The van der Waals surface area contributed by atoms with Crippen molar-refractivity contribution < 1.29 is 19.5 Å². The SMILES string of the molecule is COc1ccc(C/C(COC(C)=O)=N\O)cc1. The minimum Gasteiger partial charge on any atom is -0.497 e. The van der Waals surface area contributed by atoms with Crippen molar-refractivity contribution in [2.24, 2.45) is 5.16 Å². The minimum atomic E-state index is -0.402. The van der Waals surface area contributed by atoms with E-state index in [-0.39, 0.29) is 6.61 Å². The van der Waals surface area contributed by atoms with Crippen molar-refractivity contribution in [2.45, 2.75) is 13.3 Å². The van der Waals surface area contributed by atoms with E-state index in [1.165, 1.54) is 6.92 Å². The van der Waals surface area contributed by atoms with Gasteiger partial charge >= 0.3 is 5.97 Å². The zero-order valence-electron chi connectivity index (χ0n) is 9.84. The van der Waals surface area contributed by atoms with Crippen LogP contribution in [0.3, 0.4) is 0 Å². The maximum absolute atomic E-state index is 10.6. The van der Waals surface area contributed by atoms with Crippen LogP contribution < -0.4 is 4.74 Å². The van der Waals surface area contributed by atoms with E-state index < -0.39 is 5.97 Å². The summed E-state index contributed by atoms with van der Waals surface area (Å²) in [6.45, 7) is 1.31. The third kappa shape index (κ3) is 4.55. The average Bonchev–Trinajstić information content (AvgIpc) is 2.35. The van der Waals surface area contributed by atoms with E-state index in [1.54, 1.807) is 7.11 Å². The summed E-state index contributed by atoms with van der Waals surface area (Å²) in [6.07, 6.45) is 0.424. The van der Waals surface area contributed by atoms with Gasteiger partial charge < -0.3 is 14.7 Å². The molecule has 92 valence electrons. The lowest BCUT2D eigenvalue weighted by molar-refractivity contribution is -0.139. The average molecular weight is 237 g/mol. The van der Waals surface area contributed by atoms with E-state index in [2.05, 4.69) is 5.16 Å². The highest BCUT2D eigenvalue weighted by atomic mass is 16.5. The fraction of sp³-hybridized carbons (Fsp3) is 0.333. The van der Waals surface area contributed by atoms with Gasteiger partial charge in [-0.2, -0.15) is 0 Å². The fourth-order valence-corrected chi connectivity index (χ4v) is 1.28. The first-order valence-electron chi connectivity index (χ1n) is 5.11. The Morgan fingerprint density at radius 1 is 1.35 bits per heavy atom. The van der Waals surface area contributed by atoms with Gasteiger partial charge in [-0.15, -0.1) is 0 Å². The fourth-order valence-electron chi connectivity index (χ4n) is 1.28. The summed E-state index contributed by atoms with van der Waals surface area (Å²) in [4.78, 5) is 10.6. The molecule has 1 aromatic rings. The molecule has 0 heterocycles. The summed E-state index contributed by atoms with van der Waals surface area (Å²) < 4.78 is 9.79. The van der Waals surface area contributed by atoms with E-state index >= 15 is 0 Å². The molecule has 0 aromatic heterocycles. The van der Waals surface area contributed by atoms with E-state index in [4.69, 9.17) is 14.7 Å². The normalized spacial score (nSPS) is 11.1. The highest BCUT2D eigenvalue weighted by Crippen LogP contribution is 2.12. The van der Waals surface area contributed by atoms with Crippen LogP contribution in [0, 0.1) is 0 Å². The second kappa shape index (κ2) is 6.52. The number of benzene rings is 1. The van der Waals surface area contributed by atoms with Crippen molar-refractivity contribution in [3.63, 3.8) is 0 Å². The van der Waals surface area contributed by atoms with E-state index in [0.717, 1.165) is 11.3 Å². The zero-order valence-corrected chi connectivity index (χ0v) is 9.84. The molecule has 0 saturated carbocycles. The lowest BCUT2D eigenvalue weighted by Gasteiger charge is -2.06. The van der Waals surface area contributed by atoms with Gasteiger partial charge in [-0.05, 0) is 17.7 Å². The highest BCUT2D eigenvalue weighted by molar-refractivity contribution is 5.88. The van der Waals surface area contributed by atoms with Crippen molar-refractivity contribution in [2.75, 3.05) is 13.7 Å². The molecule has 0 saturated heterocycles. The molecule has 5 heteroatoms. The Labute approximate surface area is 99.7 Å². The smallest absolute Gasteiger partial charge is 0.303 e. The lowest BCUT2D eigenvalue weighted by atomic mass is 10.1. The predicted molar refractivity (Wildman–Crippen MR) is 62.6 cm³/mol. The van der Waals surface area contributed by atoms with Crippen LogP contribution in [0.1, 0.15) is 12.5 Å². The summed E-state index contributed by atoms with van der Waals surface area (Å²) >= 11 is 0. The van der Waals surface area contributed by atoms with Gasteiger partial charge in [-0.25, -0.2) is 0 Å². The molecule has 0 aliphatic rings. The Balaban J connectivity index is 2.58. The number of oxime groups is 1. The Bertz CT molecular complexity index is 397. The van der Waals surface area contributed by atoms with E-state index in [1.807, 2.05) is 24.3 Å². The van der Waals surface area contributed by atoms with Crippen LogP contribution in [0.2, 0.25) is 0 Å². The highest BCUT2D eigenvalue weighted by Gasteiger charge is 2.05. The maximum Gasteiger partial charge on any atom is 0.303 e. The topological polar surface area (TPSA) is 68.1 Å². The Hall–Kier alpha value is -2.04. The largest absolute Gasteiger partial charge is 0.497 e. The molecule has 17 heavy (non-hydrogen) atoms. The molecule has 0 unspecified atom stereocenters. The summed E-state index contributed by atoms with van der Waals surface area (Å²) in [6, 6.07) is 7.35. The molecule has 0 atom stereocenters. The van der Waals surface area contributed by atoms with Crippen molar-refractivity contribution in [3.05, 3.63) is 29.8 Å². The van der Waals surface area contributed by atoms with Crippen LogP contribution in [0.15, 0.2) is 29.4 Å². The van der Waals surface area contributed by atoms with Crippen molar-refractivity contribution >= 4 is 11.7 Å². The monoisotopic (exact) mass is 237 g/mol. The molecule has 0 fully saturated rings.